The highest BCUT2D eigenvalue weighted by Gasteiger charge is 2.14. The molecule has 1 atom stereocenters. The quantitative estimate of drug-likeness (QED) is 0.878. The third-order valence-corrected chi connectivity index (χ3v) is 3.10. The lowest BCUT2D eigenvalue weighted by Gasteiger charge is -2.05. The van der Waals surface area contributed by atoms with E-state index in [1.54, 1.807) is 11.3 Å². The van der Waals surface area contributed by atoms with Gasteiger partial charge in [-0.3, -0.25) is 0 Å². The summed E-state index contributed by atoms with van der Waals surface area (Å²) in [6.07, 6.45) is 0. The normalized spacial score (nSPS) is 12.2. The zero-order chi connectivity index (χ0) is 10.1. The predicted molar refractivity (Wildman–Crippen MR) is 65.8 cm³/mol. The molecule has 82 valence electrons. The highest BCUT2D eigenvalue weighted by Crippen LogP contribution is 2.25. The van der Waals surface area contributed by atoms with Crippen LogP contribution in [0.25, 0.3) is 0 Å². The third-order valence-electron chi connectivity index (χ3n) is 2.39. The lowest BCUT2D eigenvalue weighted by atomic mass is 10.1. The van der Waals surface area contributed by atoms with Gasteiger partial charge in [-0.2, -0.15) is 11.3 Å². The summed E-state index contributed by atoms with van der Waals surface area (Å²) in [5, 5.41) is 4.08. The minimum Gasteiger partial charge on any atom is -0.464 e. The summed E-state index contributed by atoms with van der Waals surface area (Å²) in [5.74, 6) is 1.80. The summed E-state index contributed by atoms with van der Waals surface area (Å²) in [6.45, 7) is 3.99. The summed E-state index contributed by atoms with van der Waals surface area (Å²) >= 11 is 1.65. The van der Waals surface area contributed by atoms with Crippen molar-refractivity contribution >= 4 is 23.7 Å². The number of hydrogen-bond donors (Lipinski definition) is 1. The molecule has 2 aromatic rings. The van der Waals surface area contributed by atoms with Crippen LogP contribution < -0.4 is 5.73 Å². The Morgan fingerprint density at radius 2 is 2.13 bits per heavy atom. The van der Waals surface area contributed by atoms with Crippen molar-refractivity contribution in [2.75, 3.05) is 0 Å². The largest absolute Gasteiger partial charge is 0.464 e. The van der Waals surface area contributed by atoms with E-state index in [1.807, 2.05) is 31.4 Å². The first-order chi connectivity index (χ1) is 6.68. The second-order valence-electron chi connectivity index (χ2n) is 3.42. The fourth-order valence-electron chi connectivity index (χ4n) is 1.37. The van der Waals surface area contributed by atoms with Crippen LogP contribution in [0, 0.1) is 13.8 Å². The van der Waals surface area contributed by atoms with Crippen molar-refractivity contribution in [3.05, 3.63) is 45.5 Å². The van der Waals surface area contributed by atoms with Gasteiger partial charge < -0.3 is 10.2 Å². The summed E-state index contributed by atoms with van der Waals surface area (Å²) in [5.41, 5.74) is 8.33. The van der Waals surface area contributed by atoms with E-state index < -0.39 is 0 Å². The highest BCUT2D eigenvalue weighted by molar-refractivity contribution is 7.07. The molecular formula is C11H14ClNOS. The molecule has 0 spiro atoms. The summed E-state index contributed by atoms with van der Waals surface area (Å²) < 4.78 is 5.58. The van der Waals surface area contributed by atoms with Crippen LogP contribution in [-0.2, 0) is 0 Å². The van der Waals surface area contributed by atoms with E-state index in [0.29, 0.717) is 0 Å². The predicted octanol–water partition coefficient (Wildman–Crippen LogP) is 3.43. The highest BCUT2D eigenvalue weighted by atomic mass is 35.5. The monoisotopic (exact) mass is 243 g/mol. The average molecular weight is 244 g/mol. The van der Waals surface area contributed by atoms with Crippen LogP contribution >= 0.6 is 23.7 Å². The first-order valence-electron chi connectivity index (χ1n) is 4.53. The van der Waals surface area contributed by atoms with Gasteiger partial charge in [-0.05, 0) is 47.9 Å². The molecule has 0 bridgehead atoms. The molecule has 2 rings (SSSR count). The average Bonchev–Trinajstić information content (AvgIpc) is 2.76. The second kappa shape index (κ2) is 4.84. The van der Waals surface area contributed by atoms with E-state index in [4.69, 9.17) is 10.2 Å². The van der Waals surface area contributed by atoms with Crippen LogP contribution in [0.1, 0.15) is 28.7 Å². The van der Waals surface area contributed by atoms with Crippen LogP contribution in [-0.4, -0.2) is 0 Å². The van der Waals surface area contributed by atoms with E-state index in [9.17, 15) is 0 Å². The van der Waals surface area contributed by atoms with Crippen molar-refractivity contribution in [2.24, 2.45) is 5.73 Å². The minimum atomic E-state index is -0.131. The van der Waals surface area contributed by atoms with Gasteiger partial charge in [-0.25, -0.2) is 0 Å². The number of aryl methyl sites for hydroxylation is 2. The number of furan rings is 1. The van der Waals surface area contributed by atoms with Crippen molar-refractivity contribution < 1.29 is 4.42 Å². The minimum absolute atomic E-state index is 0. The number of hydrogen-bond acceptors (Lipinski definition) is 3. The van der Waals surface area contributed by atoms with Crippen molar-refractivity contribution in [2.45, 2.75) is 19.9 Å². The third kappa shape index (κ3) is 2.43. The molecule has 2 heterocycles. The van der Waals surface area contributed by atoms with Crippen LogP contribution in [0.2, 0.25) is 0 Å². The molecule has 0 fully saturated rings. The summed E-state index contributed by atoms with van der Waals surface area (Å²) in [7, 11) is 0. The number of thiophene rings is 1. The number of halogens is 1. The molecule has 0 aromatic carbocycles. The second-order valence-corrected chi connectivity index (χ2v) is 4.20. The van der Waals surface area contributed by atoms with Crippen molar-refractivity contribution in [3.63, 3.8) is 0 Å². The first-order valence-corrected chi connectivity index (χ1v) is 5.47. The maximum absolute atomic E-state index is 6.06. The Balaban J connectivity index is 0.00000112. The molecule has 0 aliphatic heterocycles. The zero-order valence-electron chi connectivity index (χ0n) is 8.69. The fourth-order valence-corrected chi connectivity index (χ4v) is 2.07. The zero-order valence-corrected chi connectivity index (χ0v) is 10.3. The molecule has 2 N–H and O–H groups in total. The Bertz CT molecular complexity index is 402. The van der Waals surface area contributed by atoms with E-state index in [-0.39, 0.29) is 18.4 Å². The van der Waals surface area contributed by atoms with Crippen LogP contribution in [0.15, 0.2) is 27.3 Å². The maximum Gasteiger partial charge on any atom is 0.125 e. The topological polar surface area (TPSA) is 39.2 Å². The SMILES string of the molecule is Cc1cc([C@H](N)c2ccsc2)oc1C.Cl. The van der Waals surface area contributed by atoms with Crippen LogP contribution in [0.4, 0.5) is 0 Å². The number of rotatable bonds is 2. The smallest absolute Gasteiger partial charge is 0.125 e. The lowest BCUT2D eigenvalue weighted by molar-refractivity contribution is 0.465. The lowest BCUT2D eigenvalue weighted by Crippen LogP contribution is -2.09. The van der Waals surface area contributed by atoms with Gasteiger partial charge in [0.25, 0.3) is 0 Å². The van der Waals surface area contributed by atoms with Gasteiger partial charge in [0, 0.05) is 0 Å². The van der Waals surface area contributed by atoms with Gasteiger partial charge in [0.1, 0.15) is 11.5 Å². The molecule has 2 nitrogen and oxygen atoms in total. The van der Waals surface area contributed by atoms with E-state index in [1.165, 1.54) is 0 Å². The standard InChI is InChI=1S/C11H13NOS.ClH/c1-7-5-10(13-8(7)2)11(12)9-3-4-14-6-9;/h3-6,11H,12H2,1-2H3;1H/t11-;/m1./s1. The molecule has 0 unspecified atom stereocenters. The Labute approximate surface area is 99.5 Å². The fraction of sp³-hybridized carbons (Fsp3) is 0.273. The Morgan fingerprint density at radius 3 is 2.60 bits per heavy atom. The molecule has 0 aliphatic carbocycles. The Morgan fingerprint density at radius 1 is 1.40 bits per heavy atom. The van der Waals surface area contributed by atoms with E-state index >= 15 is 0 Å². The molecule has 15 heavy (non-hydrogen) atoms. The molecule has 0 amide bonds. The molecule has 4 heteroatoms. The van der Waals surface area contributed by atoms with E-state index in [2.05, 4.69) is 5.38 Å². The molecule has 0 aliphatic rings. The number of nitrogens with two attached hydrogens (primary N) is 1. The summed E-state index contributed by atoms with van der Waals surface area (Å²) in [6, 6.07) is 3.91. The van der Waals surface area contributed by atoms with Gasteiger partial charge in [0.05, 0.1) is 6.04 Å². The molecular weight excluding hydrogens is 230 g/mol. The van der Waals surface area contributed by atoms with Gasteiger partial charge in [-0.1, -0.05) is 0 Å². The van der Waals surface area contributed by atoms with Gasteiger partial charge in [0.15, 0.2) is 0 Å². The molecule has 2 aromatic heterocycles. The molecule has 0 saturated heterocycles. The Kier molecular flexibility index (Phi) is 3.97. The first kappa shape index (κ1) is 12.3. The van der Waals surface area contributed by atoms with Crippen molar-refractivity contribution in [1.82, 2.24) is 0 Å². The van der Waals surface area contributed by atoms with Crippen LogP contribution in [0.3, 0.4) is 0 Å². The summed E-state index contributed by atoms with van der Waals surface area (Å²) in [4.78, 5) is 0. The van der Waals surface area contributed by atoms with Gasteiger partial charge >= 0.3 is 0 Å². The van der Waals surface area contributed by atoms with Gasteiger partial charge in [0.2, 0.25) is 0 Å². The van der Waals surface area contributed by atoms with Crippen molar-refractivity contribution in [3.8, 4) is 0 Å². The van der Waals surface area contributed by atoms with E-state index in [0.717, 1.165) is 22.6 Å². The molecule has 0 saturated carbocycles. The van der Waals surface area contributed by atoms with Gasteiger partial charge in [-0.15, -0.1) is 12.4 Å². The molecule has 0 radical (unpaired) electrons. The van der Waals surface area contributed by atoms with Crippen molar-refractivity contribution in [1.29, 1.82) is 0 Å². The Hall–Kier alpha value is -0.770. The maximum atomic E-state index is 6.06. The van der Waals surface area contributed by atoms with Crippen LogP contribution in [0.5, 0.6) is 0 Å².